The van der Waals surface area contributed by atoms with E-state index in [0.29, 0.717) is 16.5 Å². The lowest BCUT2D eigenvalue weighted by atomic mass is 10.1. The lowest BCUT2D eigenvalue weighted by Gasteiger charge is -2.11. The maximum Gasteiger partial charge on any atom is 0.293 e. The van der Waals surface area contributed by atoms with E-state index in [0.717, 1.165) is 10.7 Å². The minimum atomic E-state index is -0.767. The molecule has 1 aromatic heterocycles. The van der Waals surface area contributed by atoms with Crippen LogP contribution in [0, 0.1) is 10.1 Å². The van der Waals surface area contributed by atoms with E-state index in [1.807, 2.05) is 6.07 Å². The van der Waals surface area contributed by atoms with Crippen LogP contribution in [0.5, 0.6) is 0 Å². The Hall–Kier alpha value is -5.06. The second-order valence-electron chi connectivity index (χ2n) is 7.21. The molecule has 0 aliphatic carbocycles. The molecule has 0 spiro atoms. The summed E-state index contributed by atoms with van der Waals surface area (Å²) in [5, 5.41) is 19.1. The van der Waals surface area contributed by atoms with Gasteiger partial charge in [-0.3, -0.25) is 35.3 Å². The minimum absolute atomic E-state index is 0.0381. The summed E-state index contributed by atoms with van der Waals surface area (Å²) in [6.07, 6.45) is 0. The van der Waals surface area contributed by atoms with Crippen molar-refractivity contribution in [1.29, 1.82) is 0 Å². The Kier molecular flexibility index (Phi) is 5.99. The van der Waals surface area contributed by atoms with Crippen LogP contribution >= 0.6 is 0 Å². The highest BCUT2D eigenvalue weighted by Crippen LogP contribution is 2.28. The largest absolute Gasteiger partial charge is 0.350 e. The molecule has 0 radical (unpaired) electrons. The predicted octanol–water partition coefficient (Wildman–Crippen LogP) is 2.66. The number of fused-ring (bicyclic) bond motifs is 1. The molecular formula is C23H18N6O5. The van der Waals surface area contributed by atoms with Crippen molar-refractivity contribution in [3.63, 3.8) is 0 Å². The summed E-state index contributed by atoms with van der Waals surface area (Å²) in [5.41, 5.74) is 4.53. The fourth-order valence-corrected chi connectivity index (χ4v) is 3.32. The highest BCUT2D eigenvalue weighted by atomic mass is 16.6. The summed E-state index contributed by atoms with van der Waals surface area (Å²) in [7, 11) is 1.41. The third-order valence-electron chi connectivity index (χ3n) is 4.97. The molecule has 2 amide bonds. The smallest absolute Gasteiger partial charge is 0.293 e. The zero-order valence-electron chi connectivity index (χ0n) is 17.8. The van der Waals surface area contributed by atoms with Gasteiger partial charge in [0.1, 0.15) is 5.69 Å². The van der Waals surface area contributed by atoms with Crippen molar-refractivity contribution in [2.24, 2.45) is 7.05 Å². The van der Waals surface area contributed by atoms with E-state index in [1.54, 1.807) is 48.5 Å². The lowest BCUT2D eigenvalue weighted by Crippen LogP contribution is -2.42. The number of carbonyl (C=O) groups excluding carboxylic acids is 2. The van der Waals surface area contributed by atoms with Crippen LogP contribution in [0.3, 0.4) is 0 Å². The fraction of sp³-hybridized carbons (Fsp3) is 0.0435. The summed E-state index contributed by atoms with van der Waals surface area (Å²) >= 11 is 0. The number of benzene rings is 3. The molecule has 0 saturated carbocycles. The van der Waals surface area contributed by atoms with Gasteiger partial charge in [-0.05, 0) is 30.3 Å². The van der Waals surface area contributed by atoms with Crippen molar-refractivity contribution in [3.8, 4) is 0 Å². The van der Waals surface area contributed by atoms with Gasteiger partial charge in [-0.15, -0.1) is 0 Å². The van der Waals surface area contributed by atoms with Crippen LogP contribution in [0.1, 0.15) is 20.8 Å². The maximum absolute atomic E-state index is 12.7. The number of hydrogen-bond acceptors (Lipinski definition) is 7. The first kappa shape index (κ1) is 22.1. The molecule has 4 rings (SSSR count). The Balaban J connectivity index is 1.53. The SMILES string of the molecule is Cn1nc(C(=O)NNC(=O)c2ccc(Nc3ccccc3)c([N+](=O)[O-])c2)c2ccccc2c1=O. The van der Waals surface area contributed by atoms with Crippen LogP contribution in [0.25, 0.3) is 10.8 Å². The van der Waals surface area contributed by atoms with E-state index in [4.69, 9.17) is 0 Å². The number of rotatable bonds is 5. The molecule has 11 heteroatoms. The summed E-state index contributed by atoms with van der Waals surface area (Å²) < 4.78 is 1.03. The topological polar surface area (TPSA) is 148 Å². The van der Waals surface area contributed by atoms with Crippen molar-refractivity contribution in [1.82, 2.24) is 20.6 Å². The first-order valence-corrected chi connectivity index (χ1v) is 10.0. The summed E-state index contributed by atoms with van der Waals surface area (Å²) in [6.45, 7) is 0. The quantitative estimate of drug-likeness (QED) is 0.307. The first-order valence-electron chi connectivity index (χ1n) is 10.0. The zero-order chi connectivity index (χ0) is 24.2. The Morgan fingerprint density at radius 2 is 1.56 bits per heavy atom. The van der Waals surface area contributed by atoms with E-state index < -0.39 is 16.7 Å². The van der Waals surface area contributed by atoms with E-state index in [1.165, 1.54) is 19.2 Å². The molecule has 34 heavy (non-hydrogen) atoms. The standard InChI is InChI=1S/C23H18N6O5/c1-28-23(32)17-10-6-5-9-16(17)20(27-28)22(31)26-25-21(30)14-11-12-18(19(13-14)29(33)34)24-15-7-3-2-4-8-15/h2-13,24H,1H3,(H,25,30)(H,26,31). The monoisotopic (exact) mass is 458 g/mol. The van der Waals surface area contributed by atoms with Crippen LogP contribution in [0.4, 0.5) is 17.1 Å². The fourth-order valence-electron chi connectivity index (χ4n) is 3.32. The molecule has 0 aliphatic heterocycles. The number of aromatic nitrogens is 2. The number of carbonyl (C=O) groups is 2. The van der Waals surface area contributed by atoms with E-state index in [9.17, 15) is 24.5 Å². The van der Waals surface area contributed by atoms with Crippen LogP contribution in [0.15, 0.2) is 77.6 Å². The molecule has 0 atom stereocenters. The molecular weight excluding hydrogens is 440 g/mol. The number of nitrogens with one attached hydrogen (secondary N) is 3. The molecule has 170 valence electrons. The third kappa shape index (κ3) is 4.43. The van der Waals surface area contributed by atoms with Crippen LogP contribution < -0.4 is 21.7 Å². The normalized spacial score (nSPS) is 10.5. The molecule has 4 aromatic rings. The number of amides is 2. The molecule has 1 heterocycles. The van der Waals surface area contributed by atoms with Crippen molar-refractivity contribution in [2.45, 2.75) is 0 Å². The van der Waals surface area contributed by atoms with Gasteiger partial charge in [0.05, 0.1) is 10.3 Å². The predicted molar refractivity (Wildman–Crippen MR) is 125 cm³/mol. The number of nitro groups is 1. The van der Waals surface area contributed by atoms with Gasteiger partial charge >= 0.3 is 0 Å². The Morgan fingerprint density at radius 1 is 0.912 bits per heavy atom. The molecule has 0 bridgehead atoms. The molecule has 0 fully saturated rings. The molecule has 0 aliphatic rings. The highest BCUT2D eigenvalue weighted by Gasteiger charge is 2.20. The van der Waals surface area contributed by atoms with Crippen LogP contribution in [-0.2, 0) is 7.05 Å². The van der Waals surface area contributed by atoms with Crippen LogP contribution in [-0.4, -0.2) is 26.5 Å². The second kappa shape index (κ2) is 9.20. The molecule has 0 unspecified atom stereocenters. The van der Waals surface area contributed by atoms with Gasteiger partial charge in [-0.25, -0.2) is 4.68 Å². The average Bonchev–Trinajstić information content (AvgIpc) is 2.85. The van der Waals surface area contributed by atoms with Gasteiger partial charge < -0.3 is 5.32 Å². The summed E-state index contributed by atoms with van der Waals surface area (Å²) in [5.74, 6) is -1.52. The van der Waals surface area contributed by atoms with Crippen molar-refractivity contribution >= 4 is 39.6 Å². The van der Waals surface area contributed by atoms with Gasteiger partial charge in [0, 0.05) is 29.8 Å². The molecule has 11 nitrogen and oxygen atoms in total. The number of anilines is 2. The number of hydrogen-bond donors (Lipinski definition) is 3. The zero-order valence-corrected chi connectivity index (χ0v) is 17.8. The lowest BCUT2D eigenvalue weighted by molar-refractivity contribution is -0.383. The molecule has 3 N–H and O–H groups in total. The Bertz CT molecular complexity index is 1480. The summed E-state index contributed by atoms with van der Waals surface area (Å²) in [6, 6.07) is 19.2. The molecule has 3 aromatic carbocycles. The number of hydrazine groups is 1. The Morgan fingerprint density at radius 3 is 2.26 bits per heavy atom. The molecule has 0 saturated heterocycles. The minimum Gasteiger partial charge on any atom is -0.350 e. The third-order valence-corrected chi connectivity index (χ3v) is 4.97. The number of nitrogens with zero attached hydrogens (tertiary/aromatic N) is 3. The van der Waals surface area contributed by atoms with E-state index in [-0.39, 0.29) is 28.2 Å². The van der Waals surface area contributed by atoms with Gasteiger partial charge in [-0.1, -0.05) is 36.4 Å². The Labute approximate surface area is 192 Å². The van der Waals surface area contributed by atoms with Gasteiger partial charge in [0.2, 0.25) is 0 Å². The van der Waals surface area contributed by atoms with E-state index in [2.05, 4.69) is 21.3 Å². The van der Waals surface area contributed by atoms with Gasteiger partial charge in [-0.2, -0.15) is 5.10 Å². The first-order chi connectivity index (χ1) is 16.3. The van der Waals surface area contributed by atoms with Crippen molar-refractivity contribution in [2.75, 3.05) is 5.32 Å². The number of nitro benzene ring substituents is 1. The number of para-hydroxylation sites is 1. The van der Waals surface area contributed by atoms with E-state index >= 15 is 0 Å². The maximum atomic E-state index is 12.7. The highest BCUT2D eigenvalue weighted by molar-refractivity contribution is 6.06. The number of aryl methyl sites for hydroxylation is 1. The van der Waals surface area contributed by atoms with Gasteiger partial charge in [0.15, 0.2) is 5.69 Å². The summed E-state index contributed by atoms with van der Waals surface area (Å²) in [4.78, 5) is 48.4. The van der Waals surface area contributed by atoms with Crippen molar-refractivity contribution < 1.29 is 14.5 Å². The van der Waals surface area contributed by atoms with Gasteiger partial charge in [0.25, 0.3) is 23.1 Å². The average molecular weight is 458 g/mol. The van der Waals surface area contributed by atoms with Crippen LogP contribution in [0.2, 0.25) is 0 Å². The second-order valence-corrected chi connectivity index (χ2v) is 7.21. The van der Waals surface area contributed by atoms with Crippen molar-refractivity contribution in [3.05, 3.63) is 105 Å².